The fraction of sp³-hybridized carbons (Fsp3) is 0.632. The van der Waals surface area contributed by atoms with Crippen molar-refractivity contribution in [3.05, 3.63) is 35.4 Å². The van der Waals surface area contributed by atoms with E-state index in [2.05, 4.69) is 60.6 Å². The van der Waals surface area contributed by atoms with Crippen molar-refractivity contribution in [2.24, 2.45) is 0 Å². The van der Waals surface area contributed by atoms with Crippen LogP contribution in [0.2, 0.25) is 0 Å². The van der Waals surface area contributed by atoms with E-state index in [0.29, 0.717) is 6.54 Å². The van der Waals surface area contributed by atoms with Crippen LogP contribution in [0.5, 0.6) is 0 Å². The maximum Gasteiger partial charge on any atom is 0.240 e. The topological polar surface area (TPSA) is 44.4 Å². The lowest BCUT2D eigenvalue weighted by Crippen LogP contribution is -2.52. The molecule has 128 valence electrons. The zero-order chi connectivity index (χ0) is 16.7. The zero-order valence-electron chi connectivity index (χ0n) is 14.8. The number of carbonyl (C=O) groups is 1. The van der Waals surface area contributed by atoms with Gasteiger partial charge in [-0.3, -0.25) is 9.69 Å². The van der Waals surface area contributed by atoms with Gasteiger partial charge in [0.1, 0.15) is 0 Å². The van der Waals surface area contributed by atoms with Crippen molar-refractivity contribution in [1.29, 1.82) is 0 Å². The number of nitrogens with zero attached hydrogens (tertiary/aromatic N) is 1. The number of rotatable bonds is 8. The summed E-state index contributed by atoms with van der Waals surface area (Å²) in [7, 11) is 0. The van der Waals surface area contributed by atoms with E-state index in [9.17, 15) is 4.79 Å². The Morgan fingerprint density at radius 1 is 1.17 bits per heavy atom. The minimum atomic E-state index is -0.345. The highest BCUT2D eigenvalue weighted by Gasteiger charge is 2.38. The Balaban J connectivity index is 1.87. The summed E-state index contributed by atoms with van der Waals surface area (Å²) in [6.07, 6.45) is 2.88. The first kappa shape index (κ1) is 18.0. The van der Waals surface area contributed by atoms with E-state index in [4.69, 9.17) is 0 Å². The Labute approximate surface area is 140 Å². The Morgan fingerprint density at radius 3 is 2.35 bits per heavy atom. The lowest BCUT2D eigenvalue weighted by Gasteiger charge is -2.26. The van der Waals surface area contributed by atoms with Crippen molar-refractivity contribution >= 4 is 5.91 Å². The van der Waals surface area contributed by atoms with Crippen LogP contribution in [0, 0.1) is 0 Å². The Bertz CT molecular complexity index is 488. The summed E-state index contributed by atoms with van der Waals surface area (Å²) in [6, 6.07) is 8.59. The lowest BCUT2D eigenvalue weighted by molar-refractivity contribution is -0.127. The third kappa shape index (κ3) is 4.55. The summed E-state index contributed by atoms with van der Waals surface area (Å²) in [6.45, 7) is 11.1. The van der Waals surface area contributed by atoms with Gasteiger partial charge in [0.15, 0.2) is 0 Å². The SMILES string of the molecule is CCN(CC)Cc1ccc(CNC(=O)C2(CC)CCCN2)cc1. The number of hydrogen-bond donors (Lipinski definition) is 2. The summed E-state index contributed by atoms with van der Waals surface area (Å²) in [4.78, 5) is 14.9. The van der Waals surface area contributed by atoms with E-state index in [0.717, 1.165) is 51.0 Å². The maximum absolute atomic E-state index is 12.5. The van der Waals surface area contributed by atoms with Gasteiger partial charge in [0.05, 0.1) is 5.54 Å². The van der Waals surface area contributed by atoms with Crippen LogP contribution in [0.1, 0.15) is 51.2 Å². The minimum Gasteiger partial charge on any atom is -0.350 e. The molecule has 1 aliphatic rings. The summed E-state index contributed by atoms with van der Waals surface area (Å²) < 4.78 is 0. The molecule has 2 rings (SSSR count). The molecule has 0 aliphatic carbocycles. The second-order valence-corrected chi connectivity index (χ2v) is 6.43. The van der Waals surface area contributed by atoms with Gasteiger partial charge in [-0.05, 0) is 50.0 Å². The van der Waals surface area contributed by atoms with Crippen LogP contribution in [0.25, 0.3) is 0 Å². The third-order valence-corrected chi connectivity index (χ3v) is 5.06. The van der Waals surface area contributed by atoms with Gasteiger partial charge in [-0.2, -0.15) is 0 Å². The normalized spacial score (nSPS) is 20.9. The molecular formula is C19H31N3O. The molecule has 1 unspecified atom stereocenters. The first-order chi connectivity index (χ1) is 11.1. The van der Waals surface area contributed by atoms with Gasteiger partial charge in [0, 0.05) is 13.1 Å². The molecule has 0 radical (unpaired) electrons. The molecule has 1 atom stereocenters. The Kier molecular flexibility index (Phi) is 6.60. The molecule has 1 aromatic rings. The van der Waals surface area contributed by atoms with E-state index in [-0.39, 0.29) is 11.4 Å². The molecule has 0 bridgehead atoms. The second-order valence-electron chi connectivity index (χ2n) is 6.43. The minimum absolute atomic E-state index is 0.143. The summed E-state index contributed by atoms with van der Waals surface area (Å²) in [5, 5.41) is 6.49. The third-order valence-electron chi connectivity index (χ3n) is 5.06. The molecule has 1 heterocycles. The van der Waals surface area contributed by atoms with Gasteiger partial charge in [-0.1, -0.05) is 45.0 Å². The lowest BCUT2D eigenvalue weighted by atomic mass is 9.93. The molecule has 1 aromatic carbocycles. The molecule has 1 aliphatic heterocycles. The van der Waals surface area contributed by atoms with Crippen LogP contribution in [0.3, 0.4) is 0 Å². The highest BCUT2D eigenvalue weighted by atomic mass is 16.2. The maximum atomic E-state index is 12.5. The van der Waals surface area contributed by atoms with Crippen molar-refractivity contribution < 1.29 is 4.79 Å². The zero-order valence-corrected chi connectivity index (χ0v) is 14.8. The van der Waals surface area contributed by atoms with Gasteiger partial charge >= 0.3 is 0 Å². The smallest absolute Gasteiger partial charge is 0.240 e. The number of amides is 1. The molecule has 1 amide bonds. The van der Waals surface area contributed by atoms with Crippen LogP contribution in [0.15, 0.2) is 24.3 Å². The number of hydrogen-bond acceptors (Lipinski definition) is 3. The average Bonchev–Trinajstić information content (AvgIpc) is 3.09. The van der Waals surface area contributed by atoms with Crippen molar-refractivity contribution in [3.8, 4) is 0 Å². The molecule has 4 nitrogen and oxygen atoms in total. The first-order valence-corrected chi connectivity index (χ1v) is 8.97. The molecule has 23 heavy (non-hydrogen) atoms. The van der Waals surface area contributed by atoms with Crippen molar-refractivity contribution in [2.45, 2.75) is 58.7 Å². The summed E-state index contributed by atoms with van der Waals surface area (Å²) in [5.74, 6) is 0.143. The number of nitrogens with one attached hydrogen (secondary N) is 2. The van der Waals surface area contributed by atoms with Crippen LogP contribution in [-0.2, 0) is 17.9 Å². The van der Waals surface area contributed by atoms with E-state index in [1.165, 1.54) is 5.56 Å². The van der Waals surface area contributed by atoms with Crippen LogP contribution in [0.4, 0.5) is 0 Å². The van der Waals surface area contributed by atoms with E-state index < -0.39 is 0 Å². The highest BCUT2D eigenvalue weighted by Crippen LogP contribution is 2.23. The molecule has 0 spiro atoms. The largest absolute Gasteiger partial charge is 0.350 e. The van der Waals surface area contributed by atoms with Crippen LogP contribution >= 0.6 is 0 Å². The fourth-order valence-corrected chi connectivity index (χ4v) is 3.28. The monoisotopic (exact) mass is 317 g/mol. The summed E-state index contributed by atoms with van der Waals surface area (Å²) >= 11 is 0. The Hall–Kier alpha value is -1.39. The van der Waals surface area contributed by atoms with Crippen LogP contribution in [-0.4, -0.2) is 36.0 Å². The van der Waals surface area contributed by atoms with Gasteiger partial charge < -0.3 is 10.6 Å². The van der Waals surface area contributed by atoms with Crippen molar-refractivity contribution in [3.63, 3.8) is 0 Å². The molecule has 4 heteroatoms. The second kappa shape index (κ2) is 8.46. The van der Waals surface area contributed by atoms with Gasteiger partial charge in [0.2, 0.25) is 5.91 Å². The van der Waals surface area contributed by atoms with Crippen LogP contribution < -0.4 is 10.6 Å². The van der Waals surface area contributed by atoms with E-state index in [1.807, 2.05) is 0 Å². The molecular weight excluding hydrogens is 286 g/mol. The highest BCUT2D eigenvalue weighted by molar-refractivity contribution is 5.86. The molecule has 0 aromatic heterocycles. The fourth-order valence-electron chi connectivity index (χ4n) is 3.28. The van der Waals surface area contributed by atoms with Gasteiger partial charge in [-0.25, -0.2) is 0 Å². The van der Waals surface area contributed by atoms with Crippen molar-refractivity contribution in [1.82, 2.24) is 15.5 Å². The van der Waals surface area contributed by atoms with Crippen molar-refractivity contribution in [2.75, 3.05) is 19.6 Å². The first-order valence-electron chi connectivity index (χ1n) is 8.97. The number of benzene rings is 1. The predicted molar refractivity (Wildman–Crippen MR) is 95.2 cm³/mol. The van der Waals surface area contributed by atoms with E-state index >= 15 is 0 Å². The van der Waals surface area contributed by atoms with Gasteiger partial charge in [0.25, 0.3) is 0 Å². The molecule has 2 N–H and O–H groups in total. The molecule has 1 saturated heterocycles. The molecule has 1 fully saturated rings. The summed E-state index contributed by atoms with van der Waals surface area (Å²) in [5.41, 5.74) is 2.14. The van der Waals surface area contributed by atoms with Gasteiger partial charge in [-0.15, -0.1) is 0 Å². The standard InChI is InChI=1S/C19H31N3O/c1-4-19(12-7-13-21-19)18(23)20-14-16-8-10-17(11-9-16)15-22(5-2)6-3/h8-11,21H,4-7,12-15H2,1-3H3,(H,20,23). The predicted octanol–water partition coefficient (Wildman–Crippen LogP) is 2.68. The average molecular weight is 317 g/mol. The quantitative estimate of drug-likeness (QED) is 0.775. The molecule has 0 saturated carbocycles. The Morgan fingerprint density at radius 2 is 1.83 bits per heavy atom. The van der Waals surface area contributed by atoms with E-state index in [1.54, 1.807) is 0 Å². The number of carbonyl (C=O) groups excluding carboxylic acids is 1.